The number of nitrogens with two attached hydrogens (primary N) is 5. The van der Waals surface area contributed by atoms with Gasteiger partial charge in [0.15, 0.2) is 5.96 Å². The molecule has 86 heavy (non-hydrogen) atoms. The highest BCUT2D eigenvalue weighted by Crippen LogP contribution is 2.23. The molecule has 34 nitrogen and oxygen atoms in total. The second kappa shape index (κ2) is 38.8. The SMILES string of the molecule is CC(C)C[C@@H]1NC(=O)[C@H](CC(N)=O)NC(=O)[C@H](Cc2ccc(O)cc2)NC(=O)CNC(=O)[C@@H](N)CSSCC(C(=O)O)NC(=O)[C@H](CCCCN)NC(=O)CNC(=O)[C@H](C)NC(=O)[C@H](CCCN=C(N)N)NC(=O)[C@H](CO)NC(=O)[C@H](CO)NC1=O. The molecule has 1 aliphatic heterocycles. The van der Waals surface area contributed by atoms with Crippen LogP contribution in [0.4, 0.5) is 0 Å². The third-order valence-corrected chi connectivity index (χ3v) is 14.8. The molecule has 0 spiro atoms. The summed E-state index contributed by atoms with van der Waals surface area (Å²) in [6.07, 6.45) is -0.796. The van der Waals surface area contributed by atoms with Crippen molar-refractivity contribution in [2.75, 3.05) is 50.9 Å². The van der Waals surface area contributed by atoms with Crippen molar-refractivity contribution < 1.29 is 82.8 Å². The Morgan fingerprint density at radius 1 is 0.593 bits per heavy atom. The van der Waals surface area contributed by atoms with E-state index in [9.17, 15) is 82.8 Å². The number of nitrogens with one attached hydrogen (secondary N) is 11. The van der Waals surface area contributed by atoms with Gasteiger partial charge in [-0.1, -0.05) is 47.6 Å². The fraction of sp³-hybridized carbons (Fsp3) is 0.600. The summed E-state index contributed by atoms with van der Waals surface area (Å²) in [5, 5.41) is 66.2. The number of guanidine groups is 1. The largest absolute Gasteiger partial charge is 0.508 e. The van der Waals surface area contributed by atoms with Crippen LogP contribution in [-0.4, -0.2) is 215 Å². The average molecular weight is 1260 g/mol. The number of aliphatic imine (C=N–C) groups is 1. The van der Waals surface area contributed by atoms with E-state index >= 15 is 0 Å². The smallest absolute Gasteiger partial charge is 0.327 e. The van der Waals surface area contributed by atoms with Crippen molar-refractivity contribution in [2.45, 2.75) is 133 Å². The number of phenolic OH excluding ortho intramolecular Hbond substituents is 1. The molecule has 2 rings (SSSR count). The van der Waals surface area contributed by atoms with Crippen molar-refractivity contribution in [3.8, 4) is 5.75 Å². The predicted octanol–water partition coefficient (Wildman–Crippen LogP) is -8.55. The Morgan fingerprint density at radius 2 is 1.06 bits per heavy atom. The van der Waals surface area contributed by atoms with Gasteiger partial charge in [0.2, 0.25) is 70.9 Å². The zero-order valence-electron chi connectivity index (χ0n) is 47.7. The Morgan fingerprint density at radius 3 is 1.60 bits per heavy atom. The molecule has 1 aromatic carbocycles. The number of aliphatic carboxylic acids is 1. The molecule has 1 aromatic rings. The van der Waals surface area contributed by atoms with E-state index in [4.69, 9.17) is 28.7 Å². The van der Waals surface area contributed by atoms with Crippen LogP contribution < -0.4 is 87.2 Å². The van der Waals surface area contributed by atoms with Gasteiger partial charge >= 0.3 is 5.97 Å². The van der Waals surface area contributed by atoms with Crippen LogP contribution in [0.3, 0.4) is 0 Å². The van der Waals surface area contributed by atoms with Crippen LogP contribution >= 0.6 is 21.6 Å². The number of unbranched alkanes of at least 4 members (excludes halogenated alkanes) is 1. The van der Waals surface area contributed by atoms with Gasteiger partial charge in [0, 0.05) is 24.5 Å². The first-order valence-electron chi connectivity index (χ1n) is 27.1. The van der Waals surface area contributed by atoms with E-state index in [1.165, 1.54) is 31.2 Å². The first kappa shape index (κ1) is 74.0. The standard InChI is InChI=1S/C50H81N17O17S2/c1-24(2)15-31-44(78)65-35(21-69)48(82)66-34(20-68)47(81)62-30(8-6-14-56-50(54)55)42(76)59-25(3)40(74)57-18-38(72)60-29(7-4-5-13-51)43(77)67-36(49(83)84)23-86-85-22-28(52)41(75)58-19-39(73)61-32(16-26-9-11-27(70)12-10-26)45(79)64-33(17-37(53)71)46(80)63-31/h9-12,24-25,28-36,68-70H,4-8,13-23,51-52H2,1-3H3,(H2,53,71)(H,57,74)(H,58,75)(H,59,76)(H,60,72)(H,61,73)(H,62,81)(H,63,80)(H,64,79)(H,65,78)(H,66,82)(H,67,77)(H,83,84)(H4,54,55,56)/t25-,28-,29-,30-,31-,32-,33-,34-,35-,36?/m0/s1. The summed E-state index contributed by atoms with van der Waals surface area (Å²) in [7, 11) is 1.85. The van der Waals surface area contributed by atoms with E-state index in [0.717, 1.165) is 21.6 Å². The molecule has 36 heteroatoms. The van der Waals surface area contributed by atoms with E-state index in [1.807, 2.05) is 0 Å². The van der Waals surface area contributed by atoms with Crippen LogP contribution in [0.25, 0.3) is 0 Å². The number of aliphatic hydroxyl groups excluding tert-OH is 2. The number of carboxylic acid groups (broad SMARTS) is 1. The number of carbonyl (C=O) groups excluding carboxylic acids is 12. The maximum Gasteiger partial charge on any atom is 0.327 e. The number of hydrogen-bond donors (Lipinski definition) is 20. The molecule has 1 unspecified atom stereocenters. The second-order valence-electron chi connectivity index (χ2n) is 20.1. The summed E-state index contributed by atoms with van der Waals surface area (Å²) in [5.41, 5.74) is 28.4. The topological polar surface area (TPSA) is 578 Å². The lowest BCUT2D eigenvalue weighted by Gasteiger charge is -2.27. The molecule has 1 aliphatic rings. The highest BCUT2D eigenvalue weighted by atomic mass is 33.1. The fourth-order valence-corrected chi connectivity index (χ4v) is 10.0. The Balaban J connectivity index is 2.60. The number of nitrogens with zero attached hydrogens (tertiary/aromatic N) is 1. The maximum absolute atomic E-state index is 14.0. The number of aliphatic hydroxyl groups is 2. The second-order valence-corrected chi connectivity index (χ2v) is 22.6. The Kier molecular flexibility index (Phi) is 33.4. The normalized spacial score (nSPS) is 25.0. The lowest BCUT2D eigenvalue weighted by atomic mass is 10.0. The highest BCUT2D eigenvalue weighted by Gasteiger charge is 2.35. The Bertz CT molecular complexity index is 2550. The van der Waals surface area contributed by atoms with E-state index in [1.54, 1.807) is 13.8 Å². The summed E-state index contributed by atoms with van der Waals surface area (Å²) in [6, 6.07) is -10.4. The summed E-state index contributed by atoms with van der Waals surface area (Å²) in [5.74, 6) is -15.1. The maximum atomic E-state index is 14.0. The van der Waals surface area contributed by atoms with Crippen LogP contribution in [-0.2, 0) is 68.7 Å². The van der Waals surface area contributed by atoms with E-state index in [2.05, 4.69) is 63.5 Å². The van der Waals surface area contributed by atoms with Crippen molar-refractivity contribution >= 4 is 104 Å². The number of primary amides is 1. The quantitative estimate of drug-likeness (QED) is 0.0298. The Hall–Kier alpha value is -8.06. The predicted molar refractivity (Wildman–Crippen MR) is 312 cm³/mol. The van der Waals surface area contributed by atoms with Gasteiger partial charge in [0.1, 0.15) is 60.1 Å². The molecular formula is C50H81N17O17S2. The lowest BCUT2D eigenvalue weighted by molar-refractivity contribution is -0.141. The molecule has 12 amide bonds. The monoisotopic (exact) mass is 1260 g/mol. The molecule has 1 fully saturated rings. The number of hydrogen-bond acceptors (Lipinski definition) is 21. The minimum atomic E-state index is -1.88. The molecule has 1 heterocycles. The van der Waals surface area contributed by atoms with Crippen LogP contribution in [0.15, 0.2) is 29.3 Å². The van der Waals surface area contributed by atoms with E-state index in [0.29, 0.717) is 18.4 Å². The first-order valence-corrected chi connectivity index (χ1v) is 29.6. The number of benzene rings is 1. The van der Waals surface area contributed by atoms with Crippen LogP contribution in [0.1, 0.15) is 71.3 Å². The number of rotatable bonds is 17. The number of carbonyl (C=O) groups is 13. The first-order chi connectivity index (χ1) is 40.6. The van der Waals surface area contributed by atoms with Crippen molar-refractivity contribution in [3.63, 3.8) is 0 Å². The summed E-state index contributed by atoms with van der Waals surface area (Å²) in [4.78, 5) is 178. The molecule has 1 saturated heterocycles. The fourth-order valence-electron chi connectivity index (χ4n) is 7.72. The Labute approximate surface area is 502 Å². The molecule has 0 radical (unpaired) electrons. The van der Waals surface area contributed by atoms with Gasteiger partial charge < -0.3 is 108 Å². The molecule has 0 bridgehead atoms. The van der Waals surface area contributed by atoms with Gasteiger partial charge in [-0.3, -0.25) is 62.5 Å². The lowest BCUT2D eigenvalue weighted by Crippen LogP contribution is -2.61. The summed E-state index contributed by atoms with van der Waals surface area (Å²) in [6.45, 7) is 0.934. The van der Waals surface area contributed by atoms with Gasteiger partial charge in [0.25, 0.3) is 0 Å². The van der Waals surface area contributed by atoms with Gasteiger partial charge in [-0.15, -0.1) is 0 Å². The van der Waals surface area contributed by atoms with Gasteiger partial charge in [-0.25, -0.2) is 4.79 Å². The number of phenols is 1. The highest BCUT2D eigenvalue weighted by molar-refractivity contribution is 8.76. The zero-order chi connectivity index (χ0) is 64.6. The van der Waals surface area contributed by atoms with Crippen LogP contribution in [0, 0.1) is 5.92 Å². The third-order valence-electron chi connectivity index (χ3n) is 12.3. The van der Waals surface area contributed by atoms with Gasteiger partial charge in [0.05, 0.1) is 38.8 Å². The average Bonchev–Trinajstić information content (AvgIpc) is 3.25. The van der Waals surface area contributed by atoms with E-state index in [-0.39, 0.29) is 74.3 Å². The van der Waals surface area contributed by atoms with Crippen LogP contribution in [0.2, 0.25) is 0 Å². The minimum Gasteiger partial charge on any atom is -0.508 e. The number of carboxylic acids is 1. The third kappa shape index (κ3) is 28.2. The molecule has 10 atom stereocenters. The molecule has 480 valence electrons. The molecular weight excluding hydrogens is 1170 g/mol. The molecule has 0 aliphatic carbocycles. The van der Waals surface area contributed by atoms with Crippen molar-refractivity contribution in [2.24, 2.45) is 39.6 Å². The number of amides is 12. The van der Waals surface area contributed by atoms with Gasteiger partial charge in [-0.05, 0) is 75.6 Å². The van der Waals surface area contributed by atoms with E-state index < -0.39 is 170 Å². The molecule has 0 saturated carbocycles. The molecule has 0 aromatic heterocycles. The van der Waals surface area contributed by atoms with Crippen molar-refractivity contribution in [1.82, 2.24) is 58.5 Å². The van der Waals surface area contributed by atoms with Crippen LogP contribution in [0.5, 0.6) is 5.75 Å². The van der Waals surface area contributed by atoms with Gasteiger partial charge in [-0.2, -0.15) is 0 Å². The zero-order valence-corrected chi connectivity index (χ0v) is 49.4. The molecule has 25 N–H and O–H groups in total. The van der Waals surface area contributed by atoms with Crippen molar-refractivity contribution in [3.05, 3.63) is 29.8 Å². The number of aromatic hydroxyl groups is 1. The van der Waals surface area contributed by atoms with Crippen molar-refractivity contribution in [1.29, 1.82) is 0 Å². The summed E-state index contributed by atoms with van der Waals surface area (Å²) < 4.78 is 0. The summed E-state index contributed by atoms with van der Waals surface area (Å²) >= 11 is 0. The minimum absolute atomic E-state index is 0.0115.